The Labute approximate surface area is 162 Å². The lowest BCUT2D eigenvalue weighted by atomic mass is 10.1. The number of fused-ring (bicyclic) bond motifs is 1. The van der Waals surface area contributed by atoms with Gasteiger partial charge in [0, 0.05) is 32.1 Å². The maximum Gasteiger partial charge on any atom is 0.261 e. The molecule has 1 N–H and O–H groups in total. The fourth-order valence-corrected chi connectivity index (χ4v) is 4.53. The molecular weight excluding hydrogens is 360 g/mol. The molecule has 3 aromatic rings. The summed E-state index contributed by atoms with van der Waals surface area (Å²) in [5, 5.41) is 8.71. The molecule has 0 bridgehead atoms. The van der Waals surface area contributed by atoms with Crippen LogP contribution in [0.1, 0.15) is 27.0 Å². The van der Waals surface area contributed by atoms with Gasteiger partial charge in [-0.25, -0.2) is 0 Å². The maximum atomic E-state index is 13.0. The zero-order valence-corrected chi connectivity index (χ0v) is 16.5. The van der Waals surface area contributed by atoms with Gasteiger partial charge in [-0.05, 0) is 18.6 Å². The van der Waals surface area contributed by atoms with Gasteiger partial charge >= 0.3 is 0 Å². The Hall–Kier alpha value is -2.22. The third-order valence-corrected chi connectivity index (χ3v) is 6.17. The van der Waals surface area contributed by atoms with Crippen LogP contribution in [0.5, 0.6) is 0 Å². The fraction of sp³-hybridized carbons (Fsp3) is 0.400. The summed E-state index contributed by atoms with van der Waals surface area (Å²) in [4.78, 5) is 17.1. The molecule has 0 aliphatic carbocycles. The Balaban J connectivity index is 1.55. The fourth-order valence-electron chi connectivity index (χ4n) is 3.51. The van der Waals surface area contributed by atoms with E-state index in [-0.39, 0.29) is 11.9 Å². The molecule has 2 aromatic heterocycles. The number of amides is 1. The molecule has 142 valence electrons. The van der Waals surface area contributed by atoms with Crippen LogP contribution in [0.4, 0.5) is 0 Å². The molecule has 3 heterocycles. The molecule has 4 rings (SSSR count). The summed E-state index contributed by atoms with van der Waals surface area (Å²) < 4.78 is 7.29. The number of morpholine rings is 1. The Bertz CT molecular complexity index is 894. The second-order valence-electron chi connectivity index (χ2n) is 6.89. The lowest BCUT2D eigenvalue weighted by molar-refractivity contribution is 0.0332. The van der Waals surface area contributed by atoms with Crippen molar-refractivity contribution in [1.29, 1.82) is 0 Å². The van der Waals surface area contributed by atoms with Gasteiger partial charge in [-0.2, -0.15) is 5.10 Å². The third-order valence-electron chi connectivity index (χ3n) is 4.97. The van der Waals surface area contributed by atoms with Crippen LogP contribution in [0.15, 0.2) is 36.4 Å². The predicted molar refractivity (Wildman–Crippen MR) is 107 cm³/mol. The highest BCUT2D eigenvalue weighted by Gasteiger charge is 2.22. The van der Waals surface area contributed by atoms with Crippen LogP contribution in [-0.4, -0.2) is 53.4 Å². The zero-order chi connectivity index (χ0) is 18.8. The monoisotopic (exact) mass is 384 g/mol. The van der Waals surface area contributed by atoms with Crippen LogP contribution in [0.3, 0.4) is 0 Å². The lowest BCUT2D eigenvalue weighted by Gasteiger charge is -2.31. The number of aromatic nitrogens is 2. The van der Waals surface area contributed by atoms with E-state index in [1.807, 2.05) is 42.9 Å². The number of rotatable bonds is 5. The Morgan fingerprint density at radius 3 is 2.74 bits per heavy atom. The van der Waals surface area contributed by atoms with E-state index in [0.717, 1.165) is 59.2 Å². The van der Waals surface area contributed by atoms with Gasteiger partial charge in [0.05, 0.1) is 29.8 Å². The number of benzene rings is 1. The molecule has 6 nitrogen and oxygen atoms in total. The average molecular weight is 385 g/mol. The van der Waals surface area contributed by atoms with Gasteiger partial charge in [0.15, 0.2) is 0 Å². The van der Waals surface area contributed by atoms with Crippen molar-refractivity contribution < 1.29 is 9.53 Å². The molecule has 1 fully saturated rings. The molecule has 0 radical (unpaired) electrons. The summed E-state index contributed by atoms with van der Waals surface area (Å²) in [5.41, 5.74) is 2.08. The topological polar surface area (TPSA) is 59.4 Å². The molecule has 7 heteroatoms. The van der Waals surface area contributed by atoms with E-state index in [9.17, 15) is 4.79 Å². The zero-order valence-electron chi connectivity index (χ0n) is 15.6. The highest BCUT2D eigenvalue weighted by Crippen LogP contribution is 2.28. The van der Waals surface area contributed by atoms with Gasteiger partial charge in [-0.3, -0.25) is 14.4 Å². The first kappa shape index (κ1) is 18.2. The summed E-state index contributed by atoms with van der Waals surface area (Å²) in [6.07, 6.45) is 0. The minimum atomic E-state index is -0.0544. The van der Waals surface area contributed by atoms with Crippen molar-refractivity contribution in [2.45, 2.75) is 13.0 Å². The van der Waals surface area contributed by atoms with Gasteiger partial charge in [0.2, 0.25) is 0 Å². The van der Waals surface area contributed by atoms with Crippen LogP contribution in [-0.2, 0) is 11.8 Å². The van der Waals surface area contributed by atoms with Gasteiger partial charge in [0.25, 0.3) is 5.91 Å². The van der Waals surface area contributed by atoms with Gasteiger partial charge in [-0.15, -0.1) is 11.3 Å². The average Bonchev–Trinajstić information content (AvgIpc) is 3.24. The second-order valence-corrected chi connectivity index (χ2v) is 7.92. The molecular formula is C20H24N4O2S. The Morgan fingerprint density at radius 1 is 1.30 bits per heavy atom. The van der Waals surface area contributed by atoms with E-state index in [0.29, 0.717) is 0 Å². The summed E-state index contributed by atoms with van der Waals surface area (Å²) in [6, 6.07) is 12.1. The SMILES string of the molecule is Cc1nn(C)c2sc(C(=O)NC(CN3CCOCC3)c3ccccc3)cc12. The second kappa shape index (κ2) is 7.80. The number of nitrogens with one attached hydrogen (secondary N) is 1. The van der Waals surface area contributed by atoms with E-state index < -0.39 is 0 Å². The van der Waals surface area contributed by atoms with Crippen LogP contribution in [0.2, 0.25) is 0 Å². The van der Waals surface area contributed by atoms with Crippen LogP contribution in [0.25, 0.3) is 10.2 Å². The number of aryl methyl sites for hydroxylation is 2. The Kier molecular flexibility index (Phi) is 5.24. The molecule has 0 spiro atoms. The first-order valence-corrected chi connectivity index (χ1v) is 10.0. The summed E-state index contributed by atoms with van der Waals surface area (Å²) >= 11 is 1.49. The molecule has 1 aliphatic rings. The standard InChI is InChI=1S/C20H24N4O2S/c1-14-16-12-18(27-20(16)23(2)22-14)19(25)21-17(15-6-4-3-5-7-15)13-24-8-10-26-11-9-24/h3-7,12,17H,8-11,13H2,1-2H3,(H,21,25). The Morgan fingerprint density at radius 2 is 2.04 bits per heavy atom. The molecule has 1 unspecified atom stereocenters. The third kappa shape index (κ3) is 3.90. The molecule has 1 aromatic carbocycles. The summed E-state index contributed by atoms with van der Waals surface area (Å²) in [7, 11) is 1.92. The van der Waals surface area contributed by atoms with E-state index in [1.165, 1.54) is 11.3 Å². The highest BCUT2D eigenvalue weighted by atomic mass is 32.1. The van der Waals surface area contributed by atoms with Crippen molar-refractivity contribution in [2.24, 2.45) is 7.05 Å². The lowest BCUT2D eigenvalue weighted by Crippen LogP contribution is -2.43. The molecule has 1 saturated heterocycles. The van der Waals surface area contributed by atoms with Gasteiger partial charge in [-0.1, -0.05) is 30.3 Å². The first-order chi connectivity index (χ1) is 13.1. The molecule has 0 saturated carbocycles. The first-order valence-electron chi connectivity index (χ1n) is 9.21. The summed E-state index contributed by atoms with van der Waals surface area (Å²) in [6.45, 7) is 6.04. The minimum Gasteiger partial charge on any atom is -0.379 e. The van der Waals surface area contributed by atoms with E-state index in [1.54, 1.807) is 0 Å². The number of thiophene rings is 1. The normalized spacial score (nSPS) is 16.5. The van der Waals surface area contributed by atoms with Crippen molar-refractivity contribution in [3.63, 3.8) is 0 Å². The van der Waals surface area contributed by atoms with E-state index in [2.05, 4.69) is 27.4 Å². The molecule has 1 amide bonds. The maximum absolute atomic E-state index is 13.0. The van der Waals surface area contributed by atoms with Crippen LogP contribution >= 0.6 is 11.3 Å². The van der Waals surface area contributed by atoms with Crippen molar-refractivity contribution in [2.75, 3.05) is 32.8 Å². The smallest absolute Gasteiger partial charge is 0.261 e. The number of nitrogens with zero attached hydrogens (tertiary/aromatic N) is 3. The molecule has 27 heavy (non-hydrogen) atoms. The van der Waals surface area contributed by atoms with Crippen molar-refractivity contribution in [1.82, 2.24) is 20.0 Å². The quantitative estimate of drug-likeness (QED) is 0.735. The van der Waals surface area contributed by atoms with E-state index >= 15 is 0 Å². The van der Waals surface area contributed by atoms with E-state index in [4.69, 9.17) is 4.74 Å². The van der Waals surface area contributed by atoms with Crippen LogP contribution in [0, 0.1) is 6.92 Å². The van der Waals surface area contributed by atoms with Crippen LogP contribution < -0.4 is 5.32 Å². The van der Waals surface area contributed by atoms with Crippen molar-refractivity contribution in [3.05, 3.63) is 52.5 Å². The highest BCUT2D eigenvalue weighted by molar-refractivity contribution is 7.20. The number of ether oxygens (including phenoxy) is 1. The van der Waals surface area contributed by atoms with Crippen molar-refractivity contribution in [3.8, 4) is 0 Å². The van der Waals surface area contributed by atoms with Gasteiger partial charge < -0.3 is 10.1 Å². The largest absolute Gasteiger partial charge is 0.379 e. The van der Waals surface area contributed by atoms with Gasteiger partial charge in [0.1, 0.15) is 4.83 Å². The van der Waals surface area contributed by atoms with Crippen molar-refractivity contribution >= 4 is 27.5 Å². The molecule has 1 atom stereocenters. The number of hydrogen-bond acceptors (Lipinski definition) is 5. The number of hydrogen-bond donors (Lipinski definition) is 1. The number of carbonyl (C=O) groups excluding carboxylic acids is 1. The minimum absolute atomic E-state index is 0.0299. The summed E-state index contributed by atoms with van der Waals surface area (Å²) in [5.74, 6) is -0.0299. The molecule has 1 aliphatic heterocycles. The predicted octanol–water partition coefficient (Wildman–Crippen LogP) is 2.75. The number of carbonyl (C=O) groups is 1.